The average Bonchev–Trinajstić information content (AvgIpc) is 2.17. The number of carbonyl (C=O) groups is 1. The summed E-state index contributed by atoms with van der Waals surface area (Å²) >= 11 is 17.0. The van der Waals surface area contributed by atoms with Crippen molar-refractivity contribution in [2.45, 2.75) is 10.7 Å². The highest BCUT2D eigenvalue weighted by Gasteiger charge is 2.30. The molecule has 6 heteroatoms. The van der Waals surface area contributed by atoms with E-state index in [4.69, 9.17) is 39.5 Å². The number of ether oxygens (including phenoxy) is 1. The zero-order valence-electron chi connectivity index (χ0n) is 7.84. The van der Waals surface area contributed by atoms with Crippen LogP contribution >= 0.6 is 34.8 Å². The molecule has 1 heterocycles. The van der Waals surface area contributed by atoms with Crippen LogP contribution in [-0.2, 0) is 8.53 Å². The summed E-state index contributed by atoms with van der Waals surface area (Å²) in [6.45, 7) is 1.95. The summed E-state index contributed by atoms with van der Waals surface area (Å²) in [5.74, 6) is -0.549. The SMILES string of the molecule is CCOC(=O)c1cccnc1C(Cl)(Cl)Cl. The lowest BCUT2D eigenvalue weighted by Crippen LogP contribution is -2.14. The molecule has 0 unspecified atom stereocenters. The quantitative estimate of drug-likeness (QED) is 0.611. The first-order valence-corrected chi connectivity index (χ1v) is 5.29. The van der Waals surface area contributed by atoms with Crippen molar-refractivity contribution in [3.8, 4) is 0 Å². The largest absolute Gasteiger partial charge is 0.462 e. The lowest BCUT2D eigenvalue weighted by molar-refractivity contribution is 0.0524. The number of hydrogen-bond acceptors (Lipinski definition) is 3. The first kappa shape index (κ1) is 12.6. The zero-order chi connectivity index (χ0) is 11.5. The van der Waals surface area contributed by atoms with E-state index in [9.17, 15) is 4.79 Å². The molecule has 0 atom stereocenters. The Morgan fingerprint density at radius 3 is 2.73 bits per heavy atom. The summed E-state index contributed by atoms with van der Waals surface area (Å²) < 4.78 is 3.08. The Morgan fingerprint density at radius 1 is 1.53 bits per heavy atom. The maximum atomic E-state index is 11.5. The molecule has 0 saturated carbocycles. The smallest absolute Gasteiger partial charge is 0.340 e. The summed E-state index contributed by atoms with van der Waals surface area (Å²) in [6.07, 6.45) is 1.44. The number of rotatable bonds is 2. The van der Waals surface area contributed by atoms with Crippen molar-refractivity contribution < 1.29 is 9.53 Å². The van der Waals surface area contributed by atoms with E-state index >= 15 is 0 Å². The molecule has 3 nitrogen and oxygen atoms in total. The fourth-order valence-corrected chi connectivity index (χ4v) is 1.46. The molecule has 1 aromatic rings. The molecule has 0 aliphatic heterocycles. The van der Waals surface area contributed by atoms with Gasteiger partial charge in [-0.05, 0) is 19.1 Å². The van der Waals surface area contributed by atoms with Gasteiger partial charge in [0.2, 0.25) is 3.79 Å². The van der Waals surface area contributed by atoms with Crippen molar-refractivity contribution in [3.63, 3.8) is 0 Å². The van der Waals surface area contributed by atoms with Crippen molar-refractivity contribution in [1.82, 2.24) is 4.98 Å². The number of carbonyl (C=O) groups excluding carboxylic acids is 1. The van der Waals surface area contributed by atoms with Crippen molar-refractivity contribution in [2.24, 2.45) is 0 Å². The van der Waals surface area contributed by atoms with E-state index in [0.29, 0.717) is 0 Å². The van der Waals surface area contributed by atoms with Gasteiger partial charge in [0.25, 0.3) is 0 Å². The number of pyridine rings is 1. The van der Waals surface area contributed by atoms with Gasteiger partial charge in [-0.3, -0.25) is 4.98 Å². The van der Waals surface area contributed by atoms with Crippen LogP contribution in [0.5, 0.6) is 0 Å². The third kappa shape index (κ3) is 3.23. The summed E-state index contributed by atoms with van der Waals surface area (Å²) in [4.78, 5) is 15.3. The third-order valence-corrected chi connectivity index (χ3v) is 2.11. The van der Waals surface area contributed by atoms with Gasteiger partial charge in [0, 0.05) is 6.20 Å². The van der Waals surface area contributed by atoms with Gasteiger partial charge in [-0.25, -0.2) is 4.79 Å². The summed E-state index contributed by atoms with van der Waals surface area (Å²) in [5.41, 5.74) is 0.243. The predicted molar refractivity (Wildman–Crippen MR) is 59.4 cm³/mol. The number of hydrogen-bond donors (Lipinski definition) is 0. The fraction of sp³-hybridized carbons (Fsp3) is 0.333. The summed E-state index contributed by atoms with van der Waals surface area (Å²) in [7, 11) is 0. The van der Waals surface area contributed by atoms with E-state index in [1.54, 1.807) is 13.0 Å². The number of nitrogens with zero attached hydrogens (tertiary/aromatic N) is 1. The van der Waals surface area contributed by atoms with Crippen LogP contribution in [0, 0.1) is 0 Å². The monoisotopic (exact) mass is 267 g/mol. The summed E-state index contributed by atoms with van der Waals surface area (Å²) in [6, 6.07) is 3.08. The van der Waals surface area contributed by atoms with Gasteiger partial charge in [0.15, 0.2) is 0 Å². The lowest BCUT2D eigenvalue weighted by atomic mass is 10.2. The highest BCUT2D eigenvalue weighted by molar-refractivity contribution is 6.66. The van der Waals surface area contributed by atoms with Gasteiger partial charge in [-0.1, -0.05) is 34.8 Å². The third-order valence-electron chi connectivity index (χ3n) is 1.57. The summed E-state index contributed by atoms with van der Waals surface area (Å²) in [5, 5.41) is 0. The number of aromatic nitrogens is 1. The Balaban J connectivity index is 3.12. The first-order valence-electron chi connectivity index (χ1n) is 4.16. The van der Waals surface area contributed by atoms with E-state index in [2.05, 4.69) is 4.98 Å². The van der Waals surface area contributed by atoms with Crippen molar-refractivity contribution in [3.05, 3.63) is 29.6 Å². The number of halogens is 3. The highest BCUT2D eigenvalue weighted by Crippen LogP contribution is 2.38. The van der Waals surface area contributed by atoms with E-state index in [0.717, 1.165) is 0 Å². The van der Waals surface area contributed by atoms with Gasteiger partial charge in [-0.15, -0.1) is 0 Å². The molecule has 82 valence electrons. The Morgan fingerprint density at radius 2 is 2.20 bits per heavy atom. The zero-order valence-corrected chi connectivity index (χ0v) is 10.1. The second-order valence-electron chi connectivity index (χ2n) is 2.62. The molecule has 0 aromatic carbocycles. The van der Waals surface area contributed by atoms with Crippen molar-refractivity contribution >= 4 is 40.8 Å². The molecular formula is C9H8Cl3NO2. The van der Waals surface area contributed by atoms with E-state index in [1.165, 1.54) is 12.3 Å². The van der Waals surface area contributed by atoms with Gasteiger partial charge < -0.3 is 4.74 Å². The van der Waals surface area contributed by atoms with E-state index in [1.807, 2.05) is 0 Å². The maximum Gasteiger partial charge on any atom is 0.340 e. The van der Waals surface area contributed by atoms with E-state index in [-0.39, 0.29) is 17.9 Å². The maximum absolute atomic E-state index is 11.5. The molecular weight excluding hydrogens is 260 g/mol. The van der Waals surface area contributed by atoms with Gasteiger partial charge in [0.1, 0.15) is 5.69 Å². The van der Waals surface area contributed by atoms with Crippen LogP contribution in [0.15, 0.2) is 18.3 Å². The van der Waals surface area contributed by atoms with Gasteiger partial charge >= 0.3 is 5.97 Å². The molecule has 1 aromatic heterocycles. The van der Waals surface area contributed by atoms with Crippen LogP contribution in [0.3, 0.4) is 0 Å². The second-order valence-corrected chi connectivity index (χ2v) is 4.90. The highest BCUT2D eigenvalue weighted by atomic mass is 35.6. The Labute approximate surface area is 102 Å². The number of esters is 1. The van der Waals surface area contributed by atoms with Crippen LogP contribution < -0.4 is 0 Å². The molecule has 0 N–H and O–H groups in total. The fourth-order valence-electron chi connectivity index (χ4n) is 1.00. The first-order chi connectivity index (χ1) is 6.96. The number of alkyl halides is 3. The molecule has 1 rings (SSSR count). The minimum absolute atomic E-state index is 0.0773. The van der Waals surface area contributed by atoms with Crippen LogP contribution in [0.4, 0.5) is 0 Å². The van der Waals surface area contributed by atoms with Crippen LogP contribution in [0.2, 0.25) is 0 Å². The lowest BCUT2D eigenvalue weighted by Gasteiger charge is -2.13. The Bertz CT molecular complexity index is 363. The van der Waals surface area contributed by atoms with Crippen molar-refractivity contribution in [2.75, 3.05) is 6.61 Å². The standard InChI is InChI=1S/C9H8Cl3NO2/c1-2-15-8(14)6-4-3-5-13-7(6)9(10,11)12/h3-5H,2H2,1H3. The molecule has 0 aliphatic carbocycles. The molecule has 0 spiro atoms. The Kier molecular flexibility index (Phi) is 4.20. The molecule has 0 radical (unpaired) electrons. The molecule has 0 amide bonds. The molecule has 0 bridgehead atoms. The topological polar surface area (TPSA) is 39.2 Å². The Hall–Kier alpha value is -0.510. The molecule has 0 aliphatic rings. The normalized spacial score (nSPS) is 11.2. The van der Waals surface area contributed by atoms with Crippen LogP contribution in [0.1, 0.15) is 23.0 Å². The van der Waals surface area contributed by atoms with Gasteiger partial charge in [-0.2, -0.15) is 0 Å². The van der Waals surface area contributed by atoms with Crippen LogP contribution in [-0.4, -0.2) is 17.6 Å². The molecule has 0 fully saturated rings. The predicted octanol–water partition coefficient (Wildman–Crippen LogP) is 3.09. The average molecular weight is 269 g/mol. The second kappa shape index (κ2) is 5.01. The van der Waals surface area contributed by atoms with Crippen molar-refractivity contribution in [1.29, 1.82) is 0 Å². The minimum atomic E-state index is -1.73. The molecule has 15 heavy (non-hydrogen) atoms. The molecule has 0 saturated heterocycles. The van der Waals surface area contributed by atoms with E-state index < -0.39 is 9.76 Å². The van der Waals surface area contributed by atoms with Gasteiger partial charge in [0.05, 0.1) is 12.2 Å². The minimum Gasteiger partial charge on any atom is -0.462 e. The van der Waals surface area contributed by atoms with Crippen LogP contribution in [0.25, 0.3) is 0 Å².